The Hall–Kier alpha value is -3.49. The van der Waals surface area contributed by atoms with Crippen LogP contribution in [0.4, 0.5) is 18.9 Å². The zero-order valence-electron chi connectivity index (χ0n) is 15.1. The predicted octanol–water partition coefficient (Wildman–Crippen LogP) is 4.84. The second kappa shape index (κ2) is 7.50. The Morgan fingerprint density at radius 1 is 1.21 bits per heavy atom. The molecule has 29 heavy (non-hydrogen) atoms. The van der Waals surface area contributed by atoms with Crippen LogP contribution >= 0.6 is 0 Å². The van der Waals surface area contributed by atoms with Gasteiger partial charge in [0.25, 0.3) is 5.69 Å². The Morgan fingerprint density at radius 3 is 2.48 bits per heavy atom. The van der Waals surface area contributed by atoms with Crippen LogP contribution in [0.5, 0.6) is 5.75 Å². The van der Waals surface area contributed by atoms with Gasteiger partial charge >= 0.3 is 12.1 Å². The highest BCUT2D eigenvalue weighted by atomic mass is 19.4. The van der Waals surface area contributed by atoms with Crippen molar-refractivity contribution >= 4 is 17.9 Å². The lowest BCUT2D eigenvalue weighted by atomic mass is 9.87. The molecule has 0 bridgehead atoms. The van der Waals surface area contributed by atoms with E-state index in [-0.39, 0.29) is 17.0 Å². The third-order valence-corrected chi connectivity index (χ3v) is 4.55. The summed E-state index contributed by atoms with van der Waals surface area (Å²) in [5.41, 5.74) is -1.37. The van der Waals surface area contributed by atoms with Crippen molar-refractivity contribution in [2.45, 2.75) is 25.1 Å². The van der Waals surface area contributed by atoms with Gasteiger partial charge in [0, 0.05) is 12.3 Å². The van der Waals surface area contributed by atoms with E-state index in [9.17, 15) is 28.1 Å². The van der Waals surface area contributed by atoms with E-state index in [1.54, 1.807) is 6.92 Å². The van der Waals surface area contributed by atoms with Gasteiger partial charge in [0.1, 0.15) is 11.3 Å². The highest BCUT2D eigenvalue weighted by Gasteiger charge is 2.35. The Balaban J connectivity index is 1.83. The SMILES string of the molecule is CCC1(c2ccc(C(F)(F)F)cc2)C=C(C(=O)Oc2cccc([N+](=O)[O-])c2)C=N1. The fourth-order valence-electron chi connectivity index (χ4n) is 2.96. The predicted molar refractivity (Wildman–Crippen MR) is 98.7 cm³/mol. The quantitative estimate of drug-likeness (QED) is 0.309. The van der Waals surface area contributed by atoms with Crippen molar-refractivity contribution in [1.29, 1.82) is 0 Å². The van der Waals surface area contributed by atoms with E-state index in [4.69, 9.17) is 4.74 Å². The molecule has 9 heteroatoms. The molecule has 1 unspecified atom stereocenters. The monoisotopic (exact) mass is 404 g/mol. The minimum absolute atomic E-state index is 0.00188. The first-order chi connectivity index (χ1) is 13.6. The molecule has 0 radical (unpaired) electrons. The van der Waals surface area contributed by atoms with Crippen LogP contribution in [0, 0.1) is 10.1 Å². The topological polar surface area (TPSA) is 81.8 Å². The summed E-state index contributed by atoms with van der Waals surface area (Å²) < 4.78 is 43.5. The molecule has 0 aromatic heterocycles. The largest absolute Gasteiger partial charge is 0.423 e. The van der Waals surface area contributed by atoms with Gasteiger partial charge in [-0.3, -0.25) is 15.1 Å². The summed E-state index contributed by atoms with van der Waals surface area (Å²) in [7, 11) is 0. The third kappa shape index (κ3) is 4.18. The molecule has 0 saturated carbocycles. The normalized spacial score (nSPS) is 18.4. The van der Waals surface area contributed by atoms with Gasteiger partial charge in [-0.2, -0.15) is 13.2 Å². The molecule has 2 aromatic carbocycles. The standard InChI is InChI=1S/C20H15F3N2O4/c1-2-19(14-6-8-15(9-7-14)20(21,22)23)11-13(12-24-19)18(26)29-17-5-3-4-16(10-17)25(27)28/h3-12H,2H2,1H3. The number of hydrogen-bond donors (Lipinski definition) is 0. The number of nitro groups is 1. The minimum Gasteiger partial charge on any atom is -0.423 e. The van der Waals surface area contributed by atoms with Crippen molar-refractivity contribution in [2.24, 2.45) is 4.99 Å². The average Bonchev–Trinajstić information content (AvgIpc) is 3.14. The summed E-state index contributed by atoms with van der Waals surface area (Å²) in [6.07, 6.45) is -1.22. The maximum atomic E-state index is 12.8. The summed E-state index contributed by atoms with van der Waals surface area (Å²) in [5.74, 6) is -0.765. The van der Waals surface area contributed by atoms with Crippen LogP contribution < -0.4 is 4.74 Å². The molecule has 1 heterocycles. The van der Waals surface area contributed by atoms with Crippen LogP contribution in [-0.2, 0) is 16.5 Å². The third-order valence-electron chi connectivity index (χ3n) is 4.55. The van der Waals surface area contributed by atoms with Crippen LogP contribution in [0.2, 0.25) is 0 Å². The van der Waals surface area contributed by atoms with Gasteiger partial charge in [0.05, 0.1) is 22.1 Å². The first-order valence-corrected chi connectivity index (χ1v) is 8.57. The van der Waals surface area contributed by atoms with E-state index in [2.05, 4.69) is 4.99 Å². The Bertz CT molecular complexity index is 1010. The number of esters is 1. The molecule has 0 aliphatic carbocycles. The summed E-state index contributed by atoms with van der Waals surface area (Å²) in [6.45, 7) is 1.79. The van der Waals surface area contributed by atoms with Crippen LogP contribution in [0.1, 0.15) is 24.5 Å². The lowest BCUT2D eigenvalue weighted by Crippen LogP contribution is -2.19. The molecule has 1 aliphatic heterocycles. The molecule has 3 rings (SSSR count). The summed E-state index contributed by atoms with van der Waals surface area (Å²) in [5, 5.41) is 10.8. The minimum atomic E-state index is -4.44. The Kier molecular flexibility index (Phi) is 5.23. The van der Waals surface area contributed by atoms with Crippen molar-refractivity contribution in [3.05, 3.63) is 81.4 Å². The van der Waals surface area contributed by atoms with Crippen LogP contribution in [0.25, 0.3) is 0 Å². The number of hydrogen-bond acceptors (Lipinski definition) is 5. The number of rotatable bonds is 5. The second-order valence-corrected chi connectivity index (χ2v) is 6.35. The van der Waals surface area contributed by atoms with Gasteiger partial charge in [0.15, 0.2) is 0 Å². The van der Waals surface area contributed by atoms with E-state index < -0.39 is 28.2 Å². The number of carbonyl (C=O) groups excluding carboxylic acids is 1. The molecule has 1 atom stereocenters. The fourth-order valence-corrected chi connectivity index (χ4v) is 2.96. The highest BCUT2D eigenvalue weighted by molar-refractivity contribution is 6.11. The van der Waals surface area contributed by atoms with Gasteiger partial charge in [-0.25, -0.2) is 4.79 Å². The molecule has 0 spiro atoms. The number of nitrogens with zero attached hydrogens (tertiary/aromatic N) is 2. The van der Waals surface area contributed by atoms with E-state index in [1.165, 1.54) is 42.6 Å². The average molecular weight is 404 g/mol. The van der Waals surface area contributed by atoms with Crippen LogP contribution in [-0.4, -0.2) is 17.1 Å². The molecule has 0 saturated heterocycles. The summed E-state index contributed by atoms with van der Waals surface area (Å²) in [6, 6.07) is 9.76. The zero-order chi connectivity index (χ0) is 21.2. The first kappa shape index (κ1) is 20.2. The van der Waals surface area contributed by atoms with Crippen molar-refractivity contribution < 1.29 is 27.6 Å². The molecule has 2 aromatic rings. The summed E-state index contributed by atoms with van der Waals surface area (Å²) in [4.78, 5) is 27.0. The van der Waals surface area contributed by atoms with Crippen LogP contribution in [0.15, 0.2) is 65.2 Å². The molecule has 0 amide bonds. The lowest BCUT2D eigenvalue weighted by molar-refractivity contribution is -0.384. The number of carbonyl (C=O) groups is 1. The second-order valence-electron chi connectivity index (χ2n) is 6.35. The van der Waals surface area contributed by atoms with Gasteiger partial charge in [0.2, 0.25) is 0 Å². The number of alkyl halides is 3. The van der Waals surface area contributed by atoms with E-state index in [0.29, 0.717) is 12.0 Å². The molecular weight excluding hydrogens is 389 g/mol. The maximum Gasteiger partial charge on any atom is 0.416 e. The van der Waals surface area contributed by atoms with Gasteiger partial charge in [-0.1, -0.05) is 25.1 Å². The Labute approximate surface area is 163 Å². The highest BCUT2D eigenvalue weighted by Crippen LogP contribution is 2.38. The van der Waals surface area contributed by atoms with Gasteiger partial charge < -0.3 is 4.74 Å². The lowest BCUT2D eigenvalue weighted by Gasteiger charge is -2.23. The number of ether oxygens (including phenoxy) is 1. The van der Waals surface area contributed by atoms with E-state index in [0.717, 1.165) is 18.2 Å². The van der Waals surface area contributed by atoms with Gasteiger partial charge in [-0.05, 0) is 36.3 Å². The molecule has 0 N–H and O–H groups in total. The van der Waals surface area contributed by atoms with Crippen molar-refractivity contribution in [2.75, 3.05) is 0 Å². The maximum absolute atomic E-state index is 12.8. The number of halogens is 3. The van der Waals surface area contributed by atoms with Crippen molar-refractivity contribution in [3.8, 4) is 5.75 Å². The first-order valence-electron chi connectivity index (χ1n) is 8.57. The molecule has 6 nitrogen and oxygen atoms in total. The van der Waals surface area contributed by atoms with Gasteiger partial charge in [-0.15, -0.1) is 0 Å². The van der Waals surface area contributed by atoms with E-state index >= 15 is 0 Å². The summed E-state index contributed by atoms with van der Waals surface area (Å²) >= 11 is 0. The zero-order valence-corrected chi connectivity index (χ0v) is 15.1. The fraction of sp³-hybridized carbons (Fsp3) is 0.200. The van der Waals surface area contributed by atoms with Crippen molar-refractivity contribution in [1.82, 2.24) is 0 Å². The van der Waals surface area contributed by atoms with E-state index in [1.807, 2.05) is 0 Å². The molecule has 150 valence electrons. The van der Waals surface area contributed by atoms with Crippen molar-refractivity contribution in [3.63, 3.8) is 0 Å². The number of nitro benzene ring substituents is 1. The number of non-ortho nitro benzene ring substituents is 1. The number of benzene rings is 2. The smallest absolute Gasteiger partial charge is 0.416 e. The number of aliphatic imine (C=N–C) groups is 1. The molecule has 1 aliphatic rings. The molecule has 0 fully saturated rings. The molecular formula is C20H15F3N2O4. The Morgan fingerprint density at radius 2 is 1.90 bits per heavy atom. The van der Waals surface area contributed by atoms with Crippen LogP contribution in [0.3, 0.4) is 0 Å².